The summed E-state index contributed by atoms with van der Waals surface area (Å²) in [5.74, 6) is 1.58. The predicted octanol–water partition coefficient (Wildman–Crippen LogP) is 3.66. The molecule has 0 saturated heterocycles. The van der Waals surface area contributed by atoms with Gasteiger partial charge in [0.05, 0.1) is 6.10 Å². The smallest absolute Gasteiger partial charge is 0.162 e. The SMILES string of the molecule is CC(O)c1ccccc1Sc1ccc2c(c1)OCCO2. The van der Waals surface area contributed by atoms with Crippen molar-refractivity contribution in [1.82, 2.24) is 0 Å². The van der Waals surface area contributed by atoms with E-state index in [1.807, 2.05) is 42.5 Å². The van der Waals surface area contributed by atoms with Gasteiger partial charge in [0.15, 0.2) is 11.5 Å². The summed E-state index contributed by atoms with van der Waals surface area (Å²) < 4.78 is 11.1. The molecule has 3 rings (SSSR count). The molecule has 4 heteroatoms. The maximum atomic E-state index is 9.82. The van der Waals surface area contributed by atoms with Gasteiger partial charge in [0.2, 0.25) is 0 Å². The molecule has 1 aliphatic rings. The highest BCUT2D eigenvalue weighted by Crippen LogP contribution is 2.38. The molecule has 3 nitrogen and oxygen atoms in total. The third-order valence-corrected chi connectivity index (χ3v) is 4.19. The third kappa shape index (κ3) is 2.76. The molecule has 2 aromatic carbocycles. The zero-order valence-corrected chi connectivity index (χ0v) is 12.0. The van der Waals surface area contributed by atoms with E-state index in [4.69, 9.17) is 9.47 Å². The molecule has 0 saturated carbocycles. The zero-order valence-electron chi connectivity index (χ0n) is 11.2. The second kappa shape index (κ2) is 5.77. The first-order chi connectivity index (χ1) is 9.74. The molecule has 0 aliphatic carbocycles. The zero-order chi connectivity index (χ0) is 13.9. The fraction of sp³-hybridized carbons (Fsp3) is 0.250. The number of aliphatic hydroxyl groups is 1. The molecule has 0 radical (unpaired) electrons. The molecule has 1 heterocycles. The van der Waals surface area contributed by atoms with Crippen molar-refractivity contribution >= 4 is 11.8 Å². The van der Waals surface area contributed by atoms with E-state index in [-0.39, 0.29) is 0 Å². The van der Waals surface area contributed by atoms with Crippen LogP contribution in [0.1, 0.15) is 18.6 Å². The van der Waals surface area contributed by atoms with E-state index < -0.39 is 6.10 Å². The van der Waals surface area contributed by atoms with Crippen LogP contribution in [0, 0.1) is 0 Å². The van der Waals surface area contributed by atoms with Crippen molar-refractivity contribution in [3.8, 4) is 11.5 Å². The van der Waals surface area contributed by atoms with Gasteiger partial charge in [-0.25, -0.2) is 0 Å². The fourth-order valence-electron chi connectivity index (χ4n) is 2.13. The van der Waals surface area contributed by atoms with Crippen LogP contribution < -0.4 is 9.47 Å². The average Bonchev–Trinajstić information content (AvgIpc) is 2.47. The number of hydrogen-bond acceptors (Lipinski definition) is 4. The molecule has 104 valence electrons. The summed E-state index contributed by atoms with van der Waals surface area (Å²) in [7, 11) is 0. The Morgan fingerprint density at radius 1 is 1.05 bits per heavy atom. The lowest BCUT2D eigenvalue weighted by molar-refractivity contribution is 0.171. The van der Waals surface area contributed by atoms with Gasteiger partial charge in [-0.05, 0) is 36.8 Å². The molecule has 20 heavy (non-hydrogen) atoms. The Morgan fingerprint density at radius 2 is 1.80 bits per heavy atom. The van der Waals surface area contributed by atoms with Crippen LogP contribution in [-0.2, 0) is 0 Å². The lowest BCUT2D eigenvalue weighted by Crippen LogP contribution is -2.15. The van der Waals surface area contributed by atoms with Crippen LogP contribution in [0.2, 0.25) is 0 Å². The number of fused-ring (bicyclic) bond motifs is 1. The van der Waals surface area contributed by atoms with Crippen LogP contribution in [0.25, 0.3) is 0 Å². The summed E-state index contributed by atoms with van der Waals surface area (Å²) in [5.41, 5.74) is 0.937. The highest BCUT2D eigenvalue weighted by atomic mass is 32.2. The molecule has 1 atom stereocenters. The van der Waals surface area contributed by atoms with Gasteiger partial charge >= 0.3 is 0 Å². The molecule has 0 amide bonds. The van der Waals surface area contributed by atoms with E-state index in [2.05, 4.69) is 0 Å². The van der Waals surface area contributed by atoms with Gasteiger partial charge in [-0.2, -0.15) is 0 Å². The standard InChI is InChI=1S/C16H16O3S/c1-11(17)13-4-2-3-5-16(13)20-12-6-7-14-15(10-12)19-9-8-18-14/h2-7,10-11,17H,8-9H2,1H3. The van der Waals surface area contributed by atoms with Gasteiger partial charge in [-0.1, -0.05) is 30.0 Å². The van der Waals surface area contributed by atoms with Crippen molar-refractivity contribution in [2.45, 2.75) is 22.8 Å². The lowest BCUT2D eigenvalue weighted by Gasteiger charge is -2.19. The van der Waals surface area contributed by atoms with E-state index in [0.717, 1.165) is 26.9 Å². The lowest BCUT2D eigenvalue weighted by atomic mass is 10.1. The fourth-order valence-corrected chi connectivity index (χ4v) is 3.19. The van der Waals surface area contributed by atoms with E-state index in [9.17, 15) is 5.11 Å². The molecule has 2 aromatic rings. The molecule has 0 spiro atoms. The Hall–Kier alpha value is -1.65. The Morgan fingerprint density at radius 3 is 2.60 bits per heavy atom. The Balaban J connectivity index is 1.88. The van der Waals surface area contributed by atoms with Crippen molar-refractivity contribution in [2.24, 2.45) is 0 Å². The summed E-state index contributed by atoms with van der Waals surface area (Å²) >= 11 is 1.62. The average molecular weight is 288 g/mol. The number of ether oxygens (including phenoxy) is 2. The topological polar surface area (TPSA) is 38.7 Å². The molecular weight excluding hydrogens is 272 g/mol. The maximum Gasteiger partial charge on any atom is 0.162 e. The molecule has 1 aliphatic heterocycles. The van der Waals surface area contributed by atoms with E-state index in [0.29, 0.717) is 13.2 Å². The minimum atomic E-state index is -0.476. The van der Waals surface area contributed by atoms with Crippen LogP contribution in [0.15, 0.2) is 52.3 Å². The Bertz CT molecular complexity index is 610. The summed E-state index contributed by atoms with van der Waals surface area (Å²) in [6.45, 7) is 2.97. The predicted molar refractivity (Wildman–Crippen MR) is 78.6 cm³/mol. The normalized spacial score (nSPS) is 14.9. The summed E-state index contributed by atoms with van der Waals surface area (Å²) in [6.07, 6.45) is -0.476. The van der Waals surface area contributed by atoms with Crippen molar-refractivity contribution in [1.29, 1.82) is 0 Å². The van der Waals surface area contributed by atoms with E-state index in [1.165, 1.54) is 0 Å². The van der Waals surface area contributed by atoms with E-state index in [1.54, 1.807) is 18.7 Å². The van der Waals surface area contributed by atoms with Crippen LogP contribution in [0.5, 0.6) is 11.5 Å². The Labute approximate surface area is 122 Å². The number of aliphatic hydroxyl groups excluding tert-OH is 1. The molecule has 1 unspecified atom stereocenters. The van der Waals surface area contributed by atoms with Gasteiger partial charge in [-0.3, -0.25) is 0 Å². The van der Waals surface area contributed by atoms with Crippen molar-refractivity contribution in [3.05, 3.63) is 48.0 Å². The molecule has 1 N–H and O–H groups in total. The number of hydrogen-bond donors (Lipinski definition) is 1. The Kier molecular flexibility index (Phi) is 3.85. The summed E-state index contributed by atoms with van der Waals surface area (Å²) in [5, 5.41) is 9.82. The van der Waals surface area contributed by atoms with Crippen LogP contribution in [0.4, 0.5) is 0 Å². The molecule has 0 fully saturated rings. The highest BCUT2D eigenvalue weighted by molar-refractivity contribution is 7.99. The maximum absolute atomic E-state index is 9.82. The summed E-state index contributed by atoms with van der Waals surface area (Å²) in [4.78, 5) is 2.13. The molecule has 0 bridgehead atoms. The van der Waals surface area contributed by atoms with Crippen LogP contribution in [0.3, 0.4) is 0 Å². The summed E-state index contributed by atoms with van der Waals surface area (Å²) in [6, 6.07) is 13.8. The quantitative estimate of drug-likeness (QED) is 0.935. The largest absolute Gasteiger partial charge is 0.486 e. The molecular formula is C16H16O3S. The first-order valence-corrected chi connectivity index (χ1v) is 7.40. The third-order valence-electron chi connectivity index (χ3n) is 3.11. The van der Waals surface area contributed by atoms with Crippen LogP contribution >= 0.6 is 11.8 Å². The second-order valence-electron chi connectivity index (χ2n) is 4.62. The first kappa shape index (κ1) is 13.3. The van der Waals surface area contributed by atoms with Crippen molar-refractivity contribution < 1.29 is 14.6 Å². The minimum absolute atomic E-state index is 0.476. The van der Waals surface area contributed by atoms with Gasteiger partial charge in [0, 0.05) is 9.79 Å². The molecule has 0 aromatic heterocycles. The number of rotatable bonds is 3. The van der Waals surface area contributed by atoms with Gasteiger partial charge in [0.1, 0.15) is 13.2 Å². The second-order valence-corrected chi connectivity index (χ2v) is 5.74. The van der Waals surface area contributed by atoms with Gasteiger partial charge in [-0.15, -0.1) is 0 Å². The van der Waals surface area contributed by atoms with Crippen LogP contribution in [-0.4, -0.2) is 18.3 Å². The van der Waals surface area contributed by atoms with Gasteiger partial charge < -0.3 is 14.6 Å². The van der Waals surface area contributed by atoms with Crippen molar-refractivity contribution in [2.75, 3.05) is 13.2 Å². The highest BCUT2D eigenvalue weighted by Gasteiger charge is 2.13. The minimum Gasteiger partial charge on any atom is -0.486 e. The monoisotopic (exact) mass is 288 g/mol. The van der Waals surface area contributed by atoms with E-state index >= 15 is 0 Å². The number of benzene rings is 2. The van der Waals surface area contributed by atoms with Crippen molar-refractivity contribution in [3.63, 3.8) is 0 Å². The first-order valence-electron chi connectivity index (χ1n) is 6.58. The van der Waals surface area contributed by atoms with Gasteiger partial charge in [0.25, 0.3) is 0 Å².